The quantitative estimate of drug-likeness (QED) is 0.0145. The molecule has 0 aliphatic carbocycles. The normalized spacial score (nSPS) is 11.0. The number of rotatable bonds is 54. The van der Waals surface area contributed by atoms with Crippen LogP contribution in [0.5, 0.6) is 0 Å². The molecule has 0 saturated carbocycles. The molecule has 490 valence electrons. The number of ether oxygens (including phenoxy) is 6. The van der Waals surface area contributed by atoms with Crippen molar-refractivity contribution in [1.29, 1.82) is 0 Å². The lowest BCUT2D eigenvalue weighted by Gasteiger charge is -2.31. The van der Waals surface area contributed by atoms with Gasteiger partial charge in [-0.3, -0.25) is 0 Å². The first-order valence-corrected chi connectivity index (χ1v) is 30.3. The van der Waals surface area contributed by atoms with E-state index in [0.717, 1.165) is 154 Å². The van der Waals surface area contributed by atoms with Crippen molar-refractivity contribution in [2.75, 3.05) is 112 Å². The van der Waals surface area contributed by atoms with Gasteiger partial charge in [-0.2, -0.15) is 0 Å². The number of isocyanates is 5. The zero-order valence-electron chi connectivity index (χ0n) is 51.1. The average Bonchev–Trinajstić information content (AvgIpc) is 3.47. The van der Waals surface area contributed by atoms with Crippen molar-refractivity contribution >= 4 is 72.8 Å². The minimum Gasteiger partial charge on any atom is -0.449 e. The SMILES string of the molecule is C=C=NCCCCCCNC(=O)OC(COC(=O)NCCCCCCN=C=O)COC(=O)NCCCCCCN=C=O.CCC(COC(=O)NCCCCCCN=C=O)(COC(=O)NCCCCCCN=C=O)COC(=O)NCCCCCCN=C=O. The molecule has 0 aliphatic heterocycles. The van der Waals surface area contributed by atoms with Gasteiger partial charge in [-0.05, 0) is 95.9 Å². The lowest BCUT2D eigenvalue weighted by Crippen LogP contribution is -2.42. The predicted octanol–water partition coefficient (Wildman–Crippen LogP) is 7.99. The van der Waals surface area contributed by atoms with Crippen LogP contribution in [0.3, 0.4) is 0 Å². The van der Waals surface area contributed by atoms with E-state index in [0.29, 0.717) is 85.0 Å². The molecular weight excluding hydrogens is 1140 g/mol. The first-order valence-electron chi connectivity index (χ1n) is 30.3. The maximum atomic E-state index is 12.3. The summed E-state index contributed by atoms with van der Waals surface area (Å²) < 4.78 is 32.0. The topological polar surface area (TPSA) is 389 Å². The second-order valence-corrected chi connectivity index (χ2v) is 19.8. The van der Waals surface area contributed by atoms with Crippen molar-refractivity contribution in [2.24, 2.45) is 35.4 Å². The van der Waals surface area contributed by atoms with Crippen molar-refractivity contribution in [3.63, 3.8) is 0 Å². The van der Waals surface area contributed by atoms with Gasteiger partial charge in [0.2, 0.25) is 30.4 Å². The Morgan fingerprint density at radius 3 is 0.816 bits per heavy atom. The third kappa shape index (κ3) is 59.5. The Morgan fingerprint density at radius 1 is 0.345 bits per heavy atom. The second-order valence-electron chi connectivity index (χ2n) is 19.8. The van der Waals surface area contributed by atoms with E-state index >= 15 is 0 Å². The van der Waals surface area contributed by atoms with Crippen LogP contribution in [0, 0.1) is 5.41 Å². The summed E-state index contributed by atoms with van der Waals surface area (Å²) in [6.07, 6.45) is 22.5. The van der Waals surface area contributed by atoms with Crippen molar-refractivity contribution in [3.05, 3.63) is 6.58 Å². The molecular formula is C58H96N12O17. The van der Waals surface area contributed by atoms with Crippen molar-refractivity contribution in [1.82, 2.24) is 31.9 Å². The third-order valence-electron chi connectivity index (χ3n) is 12.6. The molecule has 0 rings (SSSR count). The molecule has 87 heavy (non-hydrogen) atoms. The number of nitrogens with zero attached hydrogens (tertiary/aromatic N) is 6. The van der Waals surface area contributed by atoms with Gasteiger partial charge in [0.1, 0.15) is 33.0 Å². The largest absolute Gasteiger partial charge is 0.449 e. The van der Waals surface area contributed by atoms with E-state index in [1.165, 1.54) is 30.4 Å². The highest BCUT2D eigenvalue weighted by atomic mass is 16.6. The Morgan fingerprint density at radius 2 is 0.575 bits per heavy atom. The minimum absolute atomic E-state index is 0.147. The number of alkyl carbamates (subject to hydrolysis) is 6. The summed E-state index contributed by atoms with van der Waals surface area (Å²) >= 11 is 0. The molecule has 0 radical (unpaired) electrons. The number of hydrogen-bond donors (Lipinski definition) is 6. The van der Waals surface area contributed by atoms with E-state index in [1.807, 2.05) is 6.92 Å². The highest BCUT2D eigenvalue weighted by Crippen LogP contribution is 2.24. The first-order chi connectivity index (χ1) is 42.5. The first kappa shape index (κ1) is 81.0. The van der Waals surface area contributed by atoms with Crippen molar-refractivity contribution in [2.45, 2.75) is 174 Å². The van der Waals surface area contributed by atoms with Crippen molar-refractivity contribution in [3.8, 4) is 0 Å². The summed E-state index contributed by atoms with van der Waals surface area (Å²) in [7, 11) is 0. The van der Waals surface area contributed by atoms with Gasteiger partial charge in [-0.25, -0.2) is 82.7 Å². The fourth-order valence-corrected chi connectivity index (χ4v) is 7.46. The van der Waals surface area contributed by atoms with Crippen LogP contribution >= 0.6 is 0 Å². The number of nitrogens with one attached hydrogen (secondary N) is 6. The van der Waals surface area contributed by atoms with Crippen LogP contribution < -0.4 is 31.9 Å². The fraction of sp³-hybridized carbons (Fsp3) is 0.776. The zero-order chi connectivity index (χ0) is 64.2. The summed E-state index contributed by atoms with van der Waals surface area (Å²) in [5.74, 6) is 2.49. The Bertz CT molecular complexity index is 1970. The van der Waals surface area contributed by atoms with E-state index in [1.54, 1.807) is 0 Å². The highest BCUT2D eigenvalue weighted by Gasteiger charge is 2.34. The van der Waals surface area contributed by atoms with Crippen LogP contribution in [0.1, 0.15) is 167 Å². The summed E-state index contributed by atoms with van der Waals surface area (Å²) in [4.78, 5) is 145. The number of hydrogen-bond acceptors (Lipinski definition) is 23. The van der Waals surface area contributed by atoms with Gasteiger partial charge < -0.3 is 60.3 Å². The summed E-state index contributed by atoms with van der Waals surface area (Å²) in [6.45, 7) is 9.49. The molecule has 0 heterocycles. The van der Waals surface area contributed by atoms with E-state index in [9.17, 15) is 52.7 Å². The number of carbonyl (C=O) groups excluding carboxylic acids is 11. The molecule has 0 saturated heterocycles. The van der Waals surface area contributed by atoms with Gasteiger partial charge in [0, 0.05) is 45.8 Å². The van der Waals surface area contributed by atoms with Crippen LogP contribution in [0.25, 0.3) is 0 Å². The Hall–Kier alpha value is -8.03. The standard InChI is InChI=1S/C30H50N6O9.C28H46N6O8/c1-2-30(21-43-27(40)34-18-12-6-3-9-15-31-24-37,22-44-28(41)35-19-13-7-4-10-16-32-25-38)23-45-29(42)36-20-14-8-5-11-17-33-26-39;1-2-29-15-9-3-6-14-20-34-28(39)42-25(21-40-26(37)32-18-12-7-4-10-16-30-23-35)22-41-27(38)33-19-13-8-5-11-17-31-24-36/h2-23H2,1H3,(H,34,40)(H,35,41)(H,36,42);25H,1,3-22H2,(H,32,37)(H,33,38)(H,34,39). The molecule has 0 aromatic rings. The highest BCUT2D eigenvalue weighted by molar-refractivity contribution is 5.69. The van der Waals surface area contributed by atoms with Gasteiger partial charge in [0.15, 0.2) is 6.10 Å². The lowest BCUT2D eigenvalue weighted by molar-refractivity contribution is -0.0175. The Balaban J connectivity index is 0. The maximum Gasteiger partial charge on any atom is 0.407 e. The third-order valence-corrected chi connectivity index (χ3v) is 12.6. The molecule has 6 amide bonds. The lowest BCUT2D eigenvalue weighted by atomic mass is 9.88. The van der Waals surface area contributed by atoms with Crippen LogP contribution in [-0.2, 0) is 52.4 Å². The van der Waals surface area contributed by atoms with Gasteiger partial charge >= 0.3 is 36.6 Å². The number of amides is 6. The summed E-state index contributed by atoms with van der Waals surface area (Å²) in [6, 6.07) is 0. The van der Waals surface area contributed by atoms with E-state index < -0.39 is 48.1 Å². The molecule has 0 atom stereocenters. The van der Waals surface area contributed by atoms with Crippen molar-refractivity contribution < 1.29 is 81.2 Å². The molecule has 0 unspecified atom stereocenters. The molecule has 29 nitrogen and oxygen atoms in total. The maximum absolute atomic E-state index is 12.3. The van der Waals surface area contributed by atoms with Crippen LogP contribution in [0.2, 0.25) is 0 Å². The number of carbonyl (C=O) groups is 6. The molecule has 0 bridgehead atoms. The van der Waals surface area contributed by atoms with Crippen LogP contribution in [0.4, 0.5) is 28.8 Å². The minimum atomic E-state index is -1.00. The fourth-order valence-electron chi connectivity index (χ4n) is 7.46. The number of aliphatic imine (C=N–C) groups is 6. The van der Waals surface area contributed by atoms with E-state index in [-0.39, 0.29) is 33.0 Å². The molecule has 29 heteroatoms. The monoisotopic (exact) mass is 1230 g/mol. The van der Waals surface area contributed by atoms with Gasteiger partial charge in [-0.1, -0.05) is 84.0 Å². The van der Waals surface area contributed by atoms with Crippen LogP contribution in [0.15, 0.2) is 36.5 Å². The molecule has 0 aromatic heterocycles. The van der Waals surface area contributed by atoms with Gasteiger partial charge in [-0.15, -0.1) is 0 Å². The van der Waals surface area contributed by atoms with Gasteiger partial charge in [0.05, 0.1) is 38.1 Å². The molecule has 0 spiro atoms. The van der Waals surface area contributed by atoms with E-state index in [2.05, 4.69) is 74.3 Å². The molecule has 0 aliphatic rings. The zero-order valence-corrected chi connectivity index (χ0v) is 51.1. The number of unbranched alkanes of at least 4 members (excludes halogenated alkanes) is 18. The van der Waals surface area contributed by atoms with E-state index in [4.69, 9.17) is 28.4 Å². The molecule has 0 fully saturated rings. The predicted molar refractivity (Wildman–Crippen MR) is 321 cm³/mol. The summed E-state index contributed by atoms with van der Waals surface area (Å²) in [5, 5.41) is 15.9. The average molecular weight is 1230 g/mol. The van der Waals surface area contributed by atoms with Crippen LogP contribution in [-0.4, -0.2) is 191 Å². The smallest absolute Gasteiger partial charge is 0.407 e. The Labute approximate surface area is 511 Å². The Kier molecular flexibility index (Phi) is 59.6. The summed E-state index contributed by atoms with van der Waals surface area (Å²) in [5.41, 5.74) is -0.969. The molecule has 6 N–H and O–H groups in total. The molecule has 0 aromatic carbocycles. The second kappa shape index (κ2) is 64.0. The van der Waals surface area contributed by atoms with Gasteiger partial charge in [0.25, 0.3) is 0 Å².